The van der Waals surface area contributed by atoms with Gasteiger partial charge < -0.3 is 26.3 Å². The van der Waals surface area contributed by atoms with E-state index < -0.39 is 18.5 Å². The van der Waals surface area contributed by atoms with Crippen molar-refractivity contribution in [1.82, 2.24) is 5.32 Å². The van der Waals surface area contributed by atoms with Crippen LogP contribution in [0.2, 0.25) is 0 Å². The van der Waals surface area contributed by atoms with Gasteiger partial charge in [0.25, 0.3) is 0 Å². The smallest absolute Gasteiger partial charge is 0.123 e. The van der Waals surface area contributed by atoms with Crippen molar-refractivity contribution in [3.05, 3.63) is 53.1 Å². The number of hydrogen-bond acceptors (Lipinski definition) is 6. The van der Waals surface area contributed by atoms with Crippen LogP contribution in [0.25, 0.3) is 0 Å². The van der Waals surface area contributed by atoms with Crippen LogP contribution in [-0.2, 0) is 6.61 Å². The molecule has 0 aliphatic heterocycles. The van der Waals surface area contributed by atoms with Crippen LogP contribution in [0.1, 0.15) is 12.5 Å². The highest BCUT2D eigenvalue weighted by Gasteiger charge is 2.17. The highest BCUT2D eigenvalue weighted by Crippen LogP contribution is 2.22. The topological polar surface area (TPSA) is 112 Å². The molecule has 1 aromatic rings. The first kappa shape index (κ1) is 19.8. The highest BCUT2D eigenvalue weighted by molar-refractivity contribution is 6.67. The first-order chi connectivity index (χ1) is 11.4. The maximum absolute atomic E-state index is 13.3. The molecule has 0 heterocycles. The quantitative estimate of drug-likeness (QED) is 0.382. The lowest BCUT2D eigenvalue weighted by atomic mass is 10.1. The normalized spacial score (nSPS) is 13.4. The standard InChI is InChI=1S/C16H20ClFN4O2/c1-2-21-8-11(7-19)16(24)14(6-15(17)20)22-13-4-3-12(18)5-10(13)9-23/h3-8,16,19-24H,2,9H2,1H3/b11-8+,14-6-,19-7?,20-15?. The lowest BCUT2D eigenvalue weighted by Gasteiger charge is -2.19. The molecule has 0 aliphatic rings. The summed E-state index contributed by atoms with van der Waals surface area (Å²) in [7, 11) is 0. The summed E-state index contributed by atoms with van der Waals surface area (Å²) in [5, 5.41) is 39.9. The summed E-state index contributed by atoms with van der Waals surface area (Å²) in [6, 6.07) is 3.76. The van der Waals surface area contributed by atoms with Crippen LogP contribution >= 0.6 is 11.6 Å². The number of rotatable bonds is 9. The molecule has 0 fully saturated rings. The van der Waals surface area contributed by atoms with E-state index in [1.165, 1.54) is 24.4 Å². The van der Waals surface area contributed by atoms with Gasteiger partial charge in [-0.05, 0) is 31.2 Å². The molecular formula is C16H20ClFN4O2. The van der Waals surface area contributed by atoms with Crippen molar-refractivity contribution >= 4 is 28.7 Å². The molecule has 0 amide bonds. The van der Waals surface area contributed by atoms with E-state index in [-0.39, 0.29) is 22.0 Å². The Bertz CT molecular complexity index is 661. The first-order valence-corrected chi connectivity index (χ1v) is 7.54. The third kappa shape index (κ3) is 5.77. The van der Waals surface area contributed by atoms with Gasteiger partial charge >= 0.3 is 0 Å². The Morgan fingerprint density at radius 2 is 2.17 bits per heavy atom. The lowest BCUT2D eigenvalue weighted by Crippen LogP contribution is -2.23. The second kappa shape index (κ2) is 9.82. The van der Waals surface area contributed by atoms with Crippen LogP contribution in [0.5, 0.6) is 0 Å². The molecule has 8 heteroatoms. The van der Waals surface area contributed by atoms with Crippen molar-refractivity contribution in [3.63, 3.8) is 0 Å². The zero-order valence-corrected chi connectivity index (χ0v) is 13.9. The van der Waals surface area contributed by atoms with Crippen LogP contribution in [0.4, 0.5) is 10.1 Å². The minimum absolute atomic E-state index is 0.115. The molecular weight excluding hydrogens is 335 g/mol. The van der Waals surface area contributed by atoms with Crippen molar-refractivity contribution in [1.29, 1.82) is 10.8 Å². The number of anilines is 1. The van der Waals surface area contributed by atoms with Crippen LogP contribution < -0.4 is 10.6 Å². The van der Waals surface area contributed by atoms with Gasteiger partial charge in [-0.1, -0.05) is 11.6 Å². The van der Waals surface area contributed by atoms with Crippen molar-refractivity contribution in [2.75, 3.05) is 11.9 Å². The number of allylic oxidation sites excluding steroid dienone is 1. The van der Waals surface area contributed by atoms with Gasteiger partial charge in [-0.3, -0.25) is 5.41 Å². The molecule has 0 saturated carbocycles. The molecule has 0 saturated heterocycles. The molecule has 0 aliphatic carbocycles. The van der Waals surface area contributed by atoms with E-state index in [9.17, 15) is 14.6 Å². The zero-order chi connectivity index (χ0) is 18.1. The molecule has 0 radical (unpaired) electrons. The fraction of sp³-hybridized carbons (Fsp3) is 0.250. The maximum Gasteiger partial charge on any atom is 0.123 e. The molecule has 6 N–H and O–H groups in total. The predicted molar refractivity (Wildman–Crippen MR) is 94.2 cm³/mol. The summed E-state index contributed by atoms with van der Waals surface area (Å²) >= 11 is 5.59. The Kier molecular flexibility index (Phi) is 8.11. The monoisotopic (exact) mass is 354 g/mol. The number of aliphatic hydroxyl groups excluding tert-OH is 2. The van der Waals surface area contributed by atoms with Gasteiger partial charge in [0.1, 0.15) is 17.1 Å². The Morgan fingerprint density at radius 3 is 2.71 bits per heavy atom. The van der Waals surface area contributed by atoms with Crippen LogP contribution in [-0.4, -0.2) is 34.2 Å². The number of nitrogens with one attached hydrogen (secondary N) is 4. The number of aliphatic hydroxyl groups is 2. The Balaban J connectivity index is 3.19. The summed E-state index contributed by atoms with van der Waals surface area (Å²) < 4.78 is 13.3. The minimum Gasteiger partial charge on any atom is -0.392 e. The second-order valence-electron chi connectivity index (χ2n) is 4.78. The van der Waals surface area contributed by atoms with Crippen molar-refractivity contribution in [2.24, 2.45) is 0 Å². The second-order valence-corrected chi connectivity index (χ2v) is 5.19. The molecule has 1 atom stereocenters. The molecule has 0 spiro atoms. The van der Waals surface area contributed by atoms with Gasteiger partial charge in [-0.15, -0.1) is 0 Å². The third-order valence-electron chi connectivity index (χ3n) is 3.05. The molecule has 1 unspecified atom stereocenters. The van der Waals surface area contributed by atoms with Gasteiger partial charge in [-0.2, -0.15) is 0 Å². The third-order valence-corrected chi connectivity index (χ3v) is 3.16. The molecule has 6 nitrogen and oxygen atoms in total. The summed E-state index contributed by atoms with van der Waals surface area (Å²) in [5.41, 5.74) is 0.987. The average molecular weight is 355 g/mol. The van der Waals surface area contributed by atoms with Crippen LogP contribution in [0.15, 0.2) is 41.7 Å². The van der Waals surface area contributed by atoms with E-state index in [1.807, 2.05) is 6.92 Å². The van der Waals surface area contributed by atoms with E-state index in [2.05, 4.69) is 10.6 Å². The summed E-state index contributed by atoms with van der Waals surface area (Å²) in [5.74, 6) is -0.506. The van der Waals surface area contributed by atoms with Gasteiger partial charge in [0.2, 0.25) is 0 Å². The molecule has 0 aromatic heterocycles. The van der Waals surface area contributed by atoms with E-state index in [4.69, 9.17) is 22.4 Å². The SMILES string of the molecule is CCN/C=C(\C=N)C(O)/C(=C/C(=N)Cl)Nc1ccc(F)cc1CO. The predicted octanol–water partition coefficient (Wildman–Crippen LogP) is 2.33. The Morgan fingerprint density at radius 1 is 1.46 bits per heavy atom. The molecule has 130 valence electrons. The van der Waals surface area contributed by atoms with Crippen molar-refractivity contribution < 1.29 is 14.6 Å². The molecule has 24 heavy (non-hydrogen) atoms. The fourth-order valence-corrected chi connectivity index (χ4v) is 2.01. The summed E-state index contributed by atoms with van der Waals surface area (Å²) in [6.45, 7) is 2.06. The van der Waals surface area contributed by atoms with E-state index in [0.29, 0.717) is 12.2 Å². The highest BCUT2D eigenvalue weighted by atomic mass is 35.5. The lowest BCUT2D eigenvalue weighted by molar-refractivity contribution is 0.254. The first-order valence-electron chi connectivity index (χ1n) is 7.16. The Hall–Kier alpha value is -2.22. The largest absolute Gasteiger partial charge is 0.392 e. The molecule has 1 aromatic carbocycles. The zero-order valence-electron chi connectivity index (χ0n) is 13.1. The number of hydrogen-bond donors (Lipinski definition) is 6. The van der Waals surface area contributed by atoms with Crippen molar-refractivity contribution in [2.45, 2.75) is 19.6 Å². The summed E-state index contributed by atoms with van der Waals surface area (Å²) in [6.07, 6.45) is 2.36. The van der Waals surface area contributed by atoms with Crippen molar-refractivity contribution in [3.8, 4) is 0 Å². The van der Waals surface area contributed by atoms with E-state index >= 15 is 0 Å². The molecule has 1 rings (SSSR count). The number of benzene rings is 1. The maximum atomic E-state index is 13.3. The van der Waals surface area contributed by atoms with Crippen LogP contribution in [0, 0.1) is 16.6 Å². The van der Waals surface area contributed by atoms with Gasteiger partial charge in [0.05, 0.1) is 12.3 Å². The fourth-order valence-electron chi connectivity index (χ4n) is 1.89. The van der Waals surface area contributed by atoms with E-state index in [0.717, 1.165) is 12.3 Å². The van der Waals surface area contributed by atoms with Gasteiger partial charge in [-0.25, -0.2) is 4.39 Å². The average Bonchev–Trinajstić information content (AvgIpc) is 2.55. The van der Waals surface area contributed by atoms with Gasteiger partial charge in [0.15, 0.2) is 0 Å². The Labute approximate surface area is 144 Å². The number of halogens is 2. The van der Waals surface area contributed by atoms with Gasteiger partial charge in [0, 0.05) is 35.8 Å². The summed E-state index contributed by atoms with van der Waals surface area (Å²) in [4.78, 5) is 0. The molecule has 0 bridgehead atoms. The van der Waals surface area contributed by atoms with Crippen LogP contribution in [0.3, 0.4) is 0 Å². The minimum atomic E-state index is -1.27. The van der Waals surface area contributed by atoms with E-state index in [1.54, 1.807) is 0 Å².